The molecule has 0 aliphatic carbocycles. The van der Waals surface area contributed by atoms with Crippen LogP contribution in [0.5, 0.6) is 17.2 Å². The molecule has 1 aliphatic rings. The maximum atomic E-state index is 13.2. The average molecular weight is 486 g/mol. The normalized spacial score (nSPS) is 15.5. The highest BCUT2D eigenvalue weighted by atomic mass is 16.5. The van der Waals surface area contributed by atoms with Gasteiger partial charge in [0.15, 0.2) is 0 Å². The van der Waals surface area contributed by atoms with Gasteiger partial charge < -0.3 is 23.7 Å². The van der Waals surface area contributed by atoms with Gasteiger partial charge in [-0.05, 0) is 49.7 Å². The molecule has 0 N–H and O–H groups in total. The van der Waals surface area contributed by atoms with E-state index in [9.17, 15) is 4.79 Å². The molecule has 4 aromatic rings. The number of hydrogen-bond donors (Lipinski definition) is 0. The summed E-state index contributed by atoms with van der Waals surface area (Å²) in [4.78, 5) is 19.9. The number of para-hydroxylation sites is 2. The van der Waals surface area contributed by atoms with E-state index in [1.54, 1.807) is 19.1 Å². The Balaban J connectivity index is 1.37. The molecule has 36 heavy (non-hydrogen) atoms. The van der Waals surface area contributed by atoms with Crippen molar-refractivity contribution >= 4 is 22.6 Å². The predicted octanol–water partition coefficient (Wildman–Crippen LogP) is 5.35. The molecule has 1 aromatic heterocycles. The molecule has 7 nitrogen and oxygen atoms in total. The third kappa shape index (κ3) is 4.73. The Labute approximate surface area is 211 Å². The van der Waals surface area contributed by atoms with E-state index < -0.39 is 0 Å². The zero-order valence-electron chi connectivity index (χ0n) is 20.9. The van der Waals surface area contributed by atoms with Crippen molar-refractivity contribution in [2.24, 2.45) is 0 Å². The summed E-state index contributed by atoms with van der Waals surface area (Å²) in [7, 11) is 3.23. The van der Waals surface area contributed by atoms with Gasteiger partial charge >= 0.3 is 0 Å². The summed E-state index contributed by atoms with van der Waals surface area (Å²) in [6.45, 7) is 3.96. The summed E-state index contributed by atoms with van der Waals surface area (Å²) in [5.41, 5.74) is 3.95. The highest BCUT2D eigenvalue weighted by Gasteiger charge is 2.36. The minimum Gasteiger partial charge on any atom is -0.497 e. The van der Waals surface area contributed by atoms with Gasteiger partial charge in [0.05, 0.1) is 37.5 Å². The highest BCUT2D eigenvalue weighted by Crippen LogP contribution is 2.39. The lowest BCUT2D eigenvalue weighted by Gasteiger charge is -2.20. The van der Waals surface area contributed by atoms with E-state index in [1.807, 2.05) is 48.5 Å². The van der Waals surface area contributed by atoms with E-state index in [1.165, 1.54) is 5.56 Å². The fourth-order valence-electron chi connectivity index (χ4n) is 4.81. The van der Waals surface area contributed by atoms with Crippen molar-refractivity contribution in [2.45, 2.75) is 32.2 Å². The number of ether oxygens (including phenoxy) is 3. The minimum atomic E-state index is -0.0289. The first-order valence-corrected chi connectivity index (χ1v) is 12.2. The number of hydrogen-bond acceptors (Lipinski definition) is 5. The van der Waals surface area contributed by atoms with E-state index >= 15 is 0 Å². The fourth-order valence-corrected chi connectivity index (χ4v) is 4.81. The summed E-state index contributed by atoms with van der Waals surface area (Å²) in [5, 5.41) is 0. The lowest BCUT2D eigenvalue weighted by atomic mass is 10.1. The number of anilines is 1. The Morgan fingerprint density at radius 3 is 2.53 bits per heavy atom. The number of fused-ring (bicyclic) bond motifs is 1. The molecular formula is C29H31N3O4. The Hall–Kier alpha value is -4.00. The van der Waals surface area contributed by atoms with Crippen LogP contribution in [0.2, 0.25) is 0 Å². The van der Waals surface area contributed by atoms with Gasteiger partial charge in [-0.15, -0.1) is 0 Å². The summed E-state index contributed by atoms with van der Waals surface area (Å²) >= 11 is 0. The third-order valence-corrected chi connectivity index (χ3v) is 6.67. The number of aromatic nitrogens is 2. The van der Waals surface area contributed by atoms with E-state index in [-0.39, 0.29) is 11.8 Å². The first-order valence-electron chi connectivity index (χ1n) is 12.2. The monoisotopic (exact) mass is 485 g/mol. The standard InChI is InChI=1S/C29H31N3O4/c1-20-9-11-22(12-10-20)36-16-6-15-31-25-8-5-4-7-24(25)30-29(31)21-17-28(33)32(19-21)26-18-23(34-2)13-14-27(26)35-3/h4-5,7-14,18,21H,6,15-17,19H2,1-3H3/t21-/m0/s1. The van der Waals surface area contributed by atoms with Crippen molar-refractivity contribution in [1.82, 2.24) is 9.55 Å². The second-order valence-corrected chi connectivity index (χ2v) is 9.07. The van der Waals surface area contributed by atoms with Crippen LogP contribution in [0, 0.1) is 6.92 Å². The van der Waals surface area contributed by atoms with Crippen LogP contribution in [-0.4, -0.2) is 42.8 Å². The number of benzene rings is 3. The summed E-state index contributed by atoms with van der Waals surface area (Å²) in [6.07, 6.45) is 1.22. The van der Waals surface area contributed by atoms with Gasteiger partial charge in [0.1, 0.15) is 23.1 Å². The number of aryl methyl sites for hydroxylation is 2. The molecule has 0 unspecified atom stereocenters. The second kappa shape index (κ2) is 10.3. The molecule has 1 fully saturated rings. The molecule has 7 heteroatoms. The minimum absolute atomic E-state index is 0.0289. The lowest BCUT2D eigenvalue weighted by Crippen LogP contribution is -2.25. The van der Waals surface area contributed by atoms with Crippen LogP contribution < -0.4 is 19.1 Å². The number of imidazole rings is 1. The smallest absolute Gasteiger partial charge is 0.227 e. The maximum Gasteiger partial charge on any atom is 0.227 e. The number of carbonyl (C=O) groups is 1. The first-order chi connectivity index (χ1) is 17.6. The van der Waals surface area contributed by atoms with E-state index in [2.05, 4.69) is 29.7 Å². The number of methoxy groups -OCH3 is 2. The molecule has 0 bridgehead atoms. The summed E-state index contributed by atoms with van der Waals surface area (Å²) in [6, 6.07) is 21.8. The topological polar surface area (TPSA) is 65.8 Å². The molecule has 1 aliphatic heterocycles. The largest absolute Gasteiger partial charge is 0.497 e. The predicted molar refractivity (Wildman–Crippen MR) is 140 cm³/mol. The lowest BCUT2D eigenvalue weighted by molar-refractivity contribution is -0.117. The van der Waals surface area contributed by atoms with Crippen LogP contribution in [0.1, 0.15) is 30.1 Å². The van der Waals surface area contributed by atoms with E-state index in [0.29, 0.717) is 31.1 Å². The summed E-state index contributed by atoms with van der Waals surface area (Å²) in [5.74, 6) is 3.16. The van der Waals surface area contributed by atoms with Crippen LogP contribution in [0.4, 0.5) is 5.69 Å². The van der Waals surface area contributed by atoms with Crippen molar-refractivity contribution in [1.29, 1.82) is 0 Å². The SMILES string of the molecule is COc1ccc(OC)c(N2C[C@@H](c3nc4ccccc4n3CCCOc3ccc(C)cc3)CC2=O)c1. The number of nitrogens with zero attached hydrogens (tertiary/aromatic N) is 3. The van der Waals surface area contributed by atoms with Crippen LogP contribution in [0.25, 0.3) is 11.0 Å². The van der Waals surface area contributed by atoms with Crippen molar-refractivity contribution < 1.29 is 19.0 Å². The number of amides is 1. The van der Waals surface area contributed by atoms with Gasteiger partial charge in [-0.2, -0.15) is 0 Å². The Morgan fingerprint density at radius 2 is 1.75 bits per heavy atom. The maximum absolute atomic E-state index is 13.2. The highest BCUT2D eigenvalue weighted by molar-refractivity contribution is 5.98. The van der Waals surface area contributed by atoms with Crippen molar-refractivity contribution in [3.05, 3.63) is 78.1 Å². The fraction of sp³-hybridized carbons (Fsp3) is 0.310. The van der Waals surface area contributed by atoms with Gasteiger partial charge in [-0.25, -0.2) is 4.98 Å². The van der Waals surface area contributed by atoms with Crippen LogP contribution in [-0.2, 0) is 11.3 Å². The van der Waals surface area contributed by atoms with Crippen LogP contribution in [0.3, 0.4) is 0 Å². The Kier molecular flexibility index (Phi) is 6.80. The molecule has 1 atom stereocenters. The van der Waals surface area contributed by atoms with Crippen LogP contribution in [0.15, 0.2) is 66.7 Å². The van der Waals surface area contributed by atoms with Crippen LogP contribution >= 0.6 is 0 Å². The molecule has 3 aromatic carbocycles. The van der Waals surface area contributed by atoms with E-state index in [4.69, 9.17) is 19.2 Å². The second-order valence-electron chi connectivity index (χ2n) is 9.07. The molecule has 1 saturated heterocycles. The van der Waals surface area contributed by atoms with Gasteiger partial charge in [-0.3, -0.25) is 4.79 Å². The molecular weight excluding hydrogens is 454 g/mol. The molecule has 0 radical (unpaired) electrons. The average Bonchev–Trinajstić information content (AvgIpc) is 3.47. The van der Waals surface area contributed by atoms with Gasteiger partial charge in [0, 0.05) is 31.5 Å². The van der Waals surface area contributed by atoms with Crippen molar-refractivity contribution in [3.63, 3.8) is 0 Å². The van der Waals surface area contributed by atoms with Crippen molar-refractivity contribution in [3.8, 4) is 17.2 Å². The number of rotatable bonds is 9. The van der Waals surface area contributed by atoms with E-state index in [0.717, 1.165) is 41.3 Å². The van der Waals surface area contributed by atoms with Gasteiger partial charge in [0.2, 0.25) is 5.91 Å². The molecule has 0 spiro atoms. The molecule has 1 amide bonds. The Morgan fingerprint density at radius 1 is 0.972 bits per heavy atom. The number of carbonyl (C=O) groups excluding carboxylic acids is 1. The molecule has 5 rings (SSSR count). The molecule has 186 valence electrons. The first kappa shape index (κ1) is 23.7. The summed E-state index contributed by atoms with van der Waals surface area (Å²) < 4.78 is 19.1. The molecule has 2 heterocycles. The quantitative estimate of drug-likeness (QED) is 0.299. The Bertz CT molecular complexity index is 1360. The zero-order valence-corrected chi connectivity index (χ0v) is 20.9. The van der Waals surface area contributed by atoms with Gasteiger partial charge in [-0.1, -0.05) is 29.8 Å². The third-order valence-electron chi connectivity index (χ3n) is 6.67. The zero-order chi connectivity index (χ0) is 25.1. The van der Waals surface area contributed by atoms with Gasteiger partial charge in [0.25, 0.3) is 0 Å². The van der Waals surface area contributed by atoms with Crippen molar-refractivity contribution in [2.75, 3.05) is 32.3 Å². The molecule has 0 saturated carbocycles.